The van der Waals surface area contributed by atoms with Gasteiger partial charge in [0.05, 0.1) is 17.0 Å². The average molecular weight is 433 g/mol. The molecule has 1 saturated carbocycles. The molecule has 1 aromatic rings. The van der Waals surface area contributed by atoms with Gasteiger partial charge in [-0.15, -0.1) is 0 Å². The quantitative estimate of drug-likeness (QED) is 0.766. The van der Waals surface area contributed by atoms with Crippen molar-refractivity contribution in [2.45, 2.75) is 81.2 Å². The first-order valence-electron chi connectivity index (χ1n) is 11.6. The predicted molar refractivity (Wildman–Crippen MR) is 122 cm³/mol. The fourth-order valence-corrected chi connectivity index (χ4v) is 6.46. The second kappa shape index (κ2) is 8.97. The van der Waals surface area contributed by atoms with Crippen molar-refractivity contribution in [2.24, 2.45) is 4.99 Å². The third-order valence-corrected chi connectivity index (χ3v) is 8.92. The molecule has 0 unspecified atom stereocenters. The third-order valence-electron chi connectivity index (χ3n) is 7.00. The van der Waals surface area contributed by atoms with Gasteiger partial charge in [-0.3, -0.25) is 4.99 Å². The molecule has 0 atom stereocenters. The molecule has 1 aromatic carbocycles. The van der Waals surface area contributed by atoms with E-state index in [4.69, 9.17) is 4.99 Å². The van der Waals surface area contributed by atoms with Gasteiger partial charge in [0.15, 0.2) is 0 Å². The predicted octanol–water partition coefficient (Wildman–Crippen LogP) is 3.26. The van der Waals surface area contributed by atoms with Crippen molar-refractivity contribution >= 4 is 15.9 Å². The number of sulfonamides is 1. The molecule has 0 amide bonds. The van der Waals surface area contributed by atoms with E-state index in [1.807, 2.05) is 12.1 Å². The van der Waals surface area contributed by atoms with E-state index in [1.165, 1.54) is 32.1 Å². The van der Waals surface area contributed by atoms with E-state index in [0.29, 0.717) is 29.9 Å². The number of benzene rings is 1. The lowest BCUT2D eigenvalue weighted by atomic mass is 9.84. The van der Waals surface area contributed by atoms with Gasteiger partial charge in [-0.2, -0.15) is 4.31 Å². The average Bonchev–Trinajstić information content (AvgIpc) is 2.77. The molecule has 4 rings (SSSR count). The maximum Gasteiger partial charge on any atom is 0.243 e. The number of piperidine rings is 1. The number of nitrogens with one attached hydrogen (secondary N) is 2. The first-order chi connectivity index (χ1) is 14.4. The topological polar surface area (TPSA) is 73.8 Å². The van der Waals surface area contributed by atoms with Crippen LogP contribution in [0.1, 0.15) is 70.3 Å². The van der Waals surface area contributed by atoms with Crippen molar-refractivity contribution in [1.82, 2.24) is 14.9 Å². The van der Waals surface area contributed by atoms with E-state index in [0.717, 1.165) is 37.3 Å². The Morgan fingerprint density at radius 1 is 1.10 bits per heavy atom. The summed E-state index contributed by atoms with van der Waals surface area (Å²) in [5.74, 6) is 1.46. The summed E-state index contributed by atoms with van der Waals surface area (Å²) in [6.07, 6.45) is 7.84. The van der Waals surface area contributed by atoms with Gasteiger partial charge < -0.3 is 10.6 Å². The summed E-state index contributed by atoms with van der Waals surface area (Å²) in [5.41, 5.74) is 0.955. The minimum absolute atomic E-state index is 0.205. The van der Waals surface area contributed by atoms with Gasteiger partial charge in [-0.05, 0) is 49.3 Å². The molecule has 6 nitrogen and oxygen atoms in total. The van der Waals surface area contributed by atoms with E-state index in [9.17, 15) is 8.42 Å². The molecule has 0 aromatic heterocycles. The molecule has 2 aliphatic heterocycles. The van der Waals surface area contributed by atoms with Crippen molar-refractivity contribution < 1.29 is 8.42 Å². The van der Waals surface area contributed by atoms with Crippen LogP contribution in [0.25, 0.3) is 0 Å². The highest BCUT2D eigenvalue weighted by atomic mass is 32.2. The monoisotopic (exact) mass is 432 g/mol. The fourth-order valence-electron chi connectivity index (χ4n) is 5.02. The molecule has 0 radical (unpaired) electrons. The van der Waals surface area contributed by atoms with Crippen molar-refractivity contribution in [3.8, 4) is 0 Å². The number of hydrogen-bond donors (Lipinski definition) is 2. The van der Waals surface area contributed by atoms with Gasteiger partial charge >= 0.3 is 0 Å². The van der Waals surface area contributed by atoms with Crippen LogP contribution in [-0.4, -0.2) is 56.3 Å². The Hall–Kier alpha value is -1.44. The summed E-state index contributed by atoms with van der Waals surface area (Å²) in [5, 5.41) is 7.43. The number of amidine groups is 1. The van der Waals surface area contributed by atoms with Gasteiger partial charge in [0, 0.05) is 25.7 Å². The number of aliphatic imine (C=N–C) groups is 1. The number of nitrogens with zero attached hydrogens (tertiary/aromatic N) is 2. The highest BCUT2D eigenvalue weighted by Gasteiger charge is 2.43. The van der Waals surface area contributed by atoms with Crippen LogP contribution < -0.4 is 10.6 Å². The van der Waals surface area contributed by atoms with Crippen LogP contribution in [0.5, 0.6) is 0 Å². The summed E-state index contributed by atoms with van der Waals surface area (Å²) >= 11 is 0. The highest BCUT2D eigenvalue weighted by molar-refractivity contribution is 7.89. The van der Waals surface area contributed by atoms with Crippen LogP contribution in [-0.2, 0) is 10.0 Å². The Bertz CT molecular complexity index is 850. The summed E-state index contributed by atoms with van der Waals surface area (Å²) in [6, 6.07) is 7.89. The van der Waals surface area contributed by atoms with Crippen LogP contribution in [0.2, 0.25) is 0 Å². The lowest BCUT2D eigenvalue weighted by Crippen LogP contribution is -2.65. The lowest BCUT2D eigenvalue weighted by molar-refractivity contribution is 0.238. The zero-order valence-corrected chi connectivity index (χ0v) is 19.2. The van der Waals surface area contributed by atoms with Gasteiger partial charge in [0.1, 0.15) is 5.84 Å². The molecule has 3 aliphatic rings. The number of hydrogen-bond acceptors (Lipinski definition) is 5. The maximum atomic E-state index is 13.2. The molecule has 2 N–H and O–H groups in total. The zero-order chi connectivity index (χ0) is 21.2. The van der Waals surface area contributed by atoms with Crippen LogP contribution in [0.15, 0.2) is 34.2 Å². The Labute approximate surface area is 181 Å². The van der Waals surface area contributed by atoms with Crippen molar-refractivity contribution in [1.29, 1.82) is 0 Å². The third kappa shape index (κ3) is 4.43. The number of rotatable bonds is 4. The molecule has 2 fully saturated rings. The molecule has 2 heterocycles. The van der Waals surface area contributed by atoms with E-state index < -0.39 is 10.0 Å². The Balaban J connectivity index is 1.45. The summed E-state index contributed by atoms with van der Waals surface area (Å²) in [4.78, 5) is 5.24. The Kier molecular flexibility index (Phi) is 6.51. The van der Waals surface area contributed by atoms with Gasteiger partial charge in [0.2, 0.25) is 10.0 Å². The maximum absolute atomic E-state index is 13.2. The second-order valence-electron chi connectivity index (χ2n) is 9.35. The summed E-state index contributed by atoms with van der Waals surface area (Å²) < 4.78 is 28.0. The van der Waals surface area contributed by atoms with Crippen molar-refractivity contribution in [3.63, 3.8) is 0 Å². The van der Waals surface area contributed by atoms with Crippen molar-refractivity contribution in [2.75, 3.05) is 26.2 Å². The Morgan fingerprint density at radius 2 is 1.77 bits per heavy atom. The Morgan fingerprint density at radius 3 is 2.40 bits per heavy atom. The standard InChI is InChI=1S/C23H36N4O2S/c1-18(2)19-8-10-21(11-9-19)30(28,29)27-16-12-23(13-17-27)22(24-14-15-25-23)26-20-6-4-3-5-7-20/h8-11,18,20,25H,3-7,12-17H2,1-2H3,(H,24,26). The van der Waals surface area contributed by atoms with Crippen LogP contribution in [0.4, 0.5) is 0 Å². The smallest absolute Gasteiger partial charge is 0.243 e. The molecular formula is C23H36N4O2S. The molecule has 30 heavy (non-hydrogen) atoms. The fraction of sp³-hybridized carbons (Fsp3) is 0.696. The van der Waals surface area contributed by atoms with Crippen LogP contribution in [0, 0.1) is 0 Å². The molecule has 7 heteroatoms. The van der Waals surface area contributed by atoms with Crippen molar-refractivity contribution in [3.05, 3.63) is 29.8 Å². The van der Waals surface area contributed by atoms with E-state index in [1.54, 1.807) is 16.4 Å². The molecule has 1 spiro atoms. The zero-order valence-electron chi connectivity index (χ0n) is 18.4. The van der Waals surface area contributed by atoms with E-state index >= 15 is 0 Å². The SMILES string of the molecule is CC(C)c1ccc(S(=O)(=O)N2CCC3(CC2)NCCN=C3NC2CCCCC2)cc1. The summed E-state index contributed by atoms with van der Waals surface area (Å²) in [7, 11) is -3.46. The normalized spacial score (nSPS) is 23.5. The lowest BCUT2D eigenvalue weighted by Gasteiger charge is -2.45. The van der Waals surface area contributed by atoms with Crippen LogP contribution in [0.3, 0.4) is 0 Å². The minimum Gasteiger partial charge on any atom is -0.370 e. The van der Waals surface area contributed by atoms with Gasteiger partial charge in [0.25, 0.3) is 0 Å². The molecule has 166 valence electrons. The molecule has 1 aliphatic carbocycles. The second-order valence-corrected chi connectivity index (χ2v) is 11.3. The largest absolute Gasteiger partial charge is 0.370 e. The van der Waals surface area contributed by atoms with E-state index in [2.05, 4.69) is 24.5 Å². The minimum atomic E-state index is -3.46. The summed E-state index contributed by atoms with van der Waals surface area (Å²) in [6.45, 7) is 6.93. The first kappa shape index (κ1) is 21.8. The van der Waals surface area contributed by atoms with E-state index in [-0.39, 0.29) is 5.54 Å². The van der Waals surface area contributed by atoms with Gasteiger partial charge in [-0.25, -0.2) is 8.42 Å². The first-order valence-corrected chi connectivity index (χ1v) is 13.0. The van der Waals surface area contributed by atoms with Gasteiger partial charge in [-0.1, -0.05) is 45.2 Å². The molecular weight excluding hydrogens is 396 g/mol. The molecule has 1 saturated heterocycles. The highest BCUT2D eigenvalue weighted by Crippen LogP contribution is 2.30. The van der Waals surface area contributed by atoms with Crippen LogP contribution >= 0.6 is 0 Å². The molecule has 0 bridgehead atoms.